The lowest BCUT2D eigenvalue weighted by atomic mass is 10.1. The third-order valence-corrected chi connectivity index (χ3v) is 2.96. The number of fused-ring (bicyclic) bond motifs is 1. The second-order valence-corrected chi connectivity index (χ2v) is 4.32. The molecule has 2 aromatic heterocycles. The van der Waals surface area contributed by atoms with Crippen molar-refractivity contribution in [2.45, 2.75) is 20.4 Å². The summed E-state index contributed by atoms with van der Waals surface area (Å²) in [7, 11) is 0. The lowest BCUT2D eigenvalue weighted by Gasteiger charge is -2.08. The van der Waals surface area contributed by atoms with Gasteiger partial charge in [-0.2, -0.15) is 0 Å². The number of tetrazole rings is 1. The highest BCUT2D eigenvalue weighted by Gasteiger charge is 2.07. The molecule has 3 aromatic rings. The predicted molar refractivity (Wildman–Crippen MR) is 68.1 cm³/mol. The van der Waals surface area contributed by atoms with Gasteiger partial charge in [0, 0.05) is 11.1 Å². The fourth-order valence-electron chi connectivity index (χ4n) is 2.08. The smallest absolute Gasteiger partial charge is 0.148 e. The van der Waals surface area contributed by atoms with Gasteiger partial charge in [-0.25, -0.2) is 4.68 Å². The number of aryl methyl sites for hydroxylation is 2. The maximum atomic E-state index is 4.53. The second kappa shape index (κ2) is 4.18. The number of rotatable bonds is 2. The van der Waals surface area contributed by atoms with Crippen LogP contribution in [-0.4, -0.2) is 25.2 Å². The Morgan fingerprint density at radius 3 is 2.78 bits per heavy atom. The van der Waals surface area contributed by atoms with E-state index in [2.05, 4.69) is 32.6 Å². The van der Waals surface area contributed by atoms with Crippen molar-refractivity contribution in [1.29, 1.82) is 0 Å². The van der Waals surface area contributed by atoms with Gasteiger partial charge in [0.25, 0.3) is 0 Å². The van der Waals surface area contributed by atoms with Gasteiger partial charge in [0.2, 0.25) is 0 Å². The van der Waals surface area contributed by atoms with Crippen LogP contribution in [0.4, 0.5) is 0 Å². The van der Waals surface area contributed by atoms with Crippen molar-refractivity contribution in [3.63, 3.8) is 0 Å². The Bertz CT molecular complexity index is 701. The molecule has 0 fully saturated rings. The molecule has 18 heavy (non-hydrogen) atoms. The standard InChI is InChI=1S/C13H13N5/c1-9-7-11(8-18-10(2)15-16-17-18)12-5-3-4-6-13(12)14-9/h3-7H,8H2,1-2H3. The summed E-state index contributed by atoms with van der Waals surface area (Å²) >= 11 is 0. The number of hydrogen-bond acceptors (Lipinski definition) is 4. The summed E-state index contributed by atoms with van der Waals surface area (Å²) in [5.41, 5.74) is 3.21. The highest BCUT2D eigenvalue weighted by atomic mass is 15.5. The molecule has 0 unspecified atom stereocenters. The van der Waals surface area contributed by atoms with Crippen LogP contribution >= 0.6 is 0 Å². The summed E-state index contributed by atoms with van der Waals surface area (Å²) < 4.78 is 1.79. The second-order valence-electron chi connectivity index (χ2n) is 4.32. The minimum Gasteiger partial charge on any atom is -0.253 e. The normalized spacial score (nSPS) is 11.0. The molecular formula is C13H13N5. The summed E-state index contributed by atoms with van der Waals surface area (Å²) in [6.07, 6.45) is 0. The maximum absolute atomic E-state index is 4.53. The van der Waals surface area contributed by atoms with Crippen LogP contribution < -0.4 is 0 Å². The Hall–Kier alpha value is -2.30. The summed E-state index contributed by atoms with van der Waals surface area (Å²) in [6, 6.07) is 10.2. The average molecular weight is 239 g/mol. The molecule has 1 aromatic carbocycles. The number of pyridine rings is 1. The Morgan fingerprint density at radius 1 is 1.17 bits per heavy atom. The van der Waals surface area contributed by atoms with Crippen LogP contribution in [0.15, 0.2) is 30.3 Å². The molecule has 0 saturated heterocycles. The molecule has 5 heteroatoms. The van der Waals surface area contributed by atoms with Crippen molar-refractivity contribution in [2.24, 2.45) is 0 Å². The molecule has 0 radical (unpaired) electrons. The van der Waals surface area contributed by atoms with Gasteiger partial charge in [-0.15, -0.1) is 5.10 Å². The highest BCUT2D eigenvalue weighted by molar-refractivity contribution is 5.82. The van der Waals surface area contributed by atoms with Crippen molar-refractivity contribution in [2.75, 3.05) is 0 Å². The molecule has 0 N–H and O–H groups in total. The zero-order valence-electron chi connectivity index (χ0n) is 10.3. The summed E-state index contributed by atoms with van der Waals surface area (Å²) in [6.45, 7) is 4.57. The number of nitrogens with zero attached hydrogens (tertiary/aromatic N) is 5. The van der Waals surface area contributed by atoms with Crippen molar-refractivity contribution in [3.05, 3.63) is 47.4 Å². The third kappa shape index (κ3) is 1.84. The first kappa shape index (κ1) is 10.8. The van der Waals surface area contributed by atoms with Gasteiger partial charge in [-0.1, -0.05) is 18.2 Å². The molecular weight excluding hydrogens is 226 g/mol. The van der Waals surface area contributed by atoms with E-state index in [-0.39, 0.29) is 0 Å². The summed E-state index contributed by atoms with van der Waals surface area (Å²) in [5.74, 6) is 0.813. The molecule has 2 heterocycles. The van der Waals surface area contributed by atoms with E-state index in [4.69, 9.17) is 0 Å². The van der Waals surface area contributed by atoms with Gasteiger partial charge in [-0.3, -0.25) is 4.98 Å². The summed E-state index contributed by atoms with van der Waals surface area (Å²) in [5, 5.41) is 12.7. The van der Waals surface area contributed by atoms with Gasteiger partial charge in [-0.05, 0) is 42.0 Å². The van der Waals surface area contributed by atoms with Crippen LogP contribution in [0, 0.1) is 13.8 Å². The van der Waals surface area contributed by atoms with E-state index in [0.717, 1.165) is 22.4 Å². The minimum atomic E-state index is 0.669. The molecule has 0 aliphatic rings. The molecule has 90 valence electrons. The number of benzene rings is 1. The fraction of sp³-hybridized carbons (Fsp3) is 0.231. The first-order valence-electron chi connectivity index (χ1n) is 5.82. The first-order chi connectivity index (χ1) is 8.74. The van der Waals surface area contributed by atoms with Gasteiger partial charge in [0.1, 0.15) is 5.82 Å². The minimum absolute atomic E-state index is 0.669. The van der Waals surface area contributed by atoms with Gasteiger partial charge in [0.05, 0.1) is 12.1 Å². The van der Waals surface area contributed by atoms with E-state index >= 15 is 0 Å². The monoisotopic (exact) mass is 239 g/mol. The molecule has 0 atom stereocenters. The Balaban J connectivity index is 2.14. The lowest BCUT2D eigenvalue weighted by molar-refractivity contribution is 0.635. The molecule has 0 amide bonds. The molecule has 5 nitrogen and oxygen atoms in total. The molecule has 3 rings (SSSR count). The molecule has 0 aliphatic carbocycles. The predicted octanol–water partition coefficient (Wildman–Crippen LogP) is 1.89. The van der Waals surface area contributed by atoms with Crippen LogP contribution in [0.25, 0.3) is 10.9 Å². The van der Waals surface area contributed by atoms with E-state index in [1.165, 1.54) is 5.56 Å². The quantitative estimate of drug-likeness (QED) is 0.685. The van der Waals surface area contributed by atoms with E-state index in [0.29, 0.717) is 6.54 Å². The van der Waals surface area contributed by atoms with E-state index in [1.54, 1.807) is 4.68 Å². The molecule has 0 saturated carbocycles. The van der Waals surface area contributed by atoms with Gasteiger partial charge in [0.15, 0.2) is 0 Å². The summed E-state index contributed by atoms with van der Waals surface area (Å²) in [4.78, 5) is 4.53. The van der Waals surface area contributed by atoms with Gasteiger partial charge >= 0.3 is 0 Å². The Morgan fingerprint density at radius 2 is 2.00 bits per heavy atom. The van der Waals surface area contributed by atoms with Crippen molar-refractivity contribution < 1.29 is 0 Å². The van der Waals surface area contributed by atoms with Crippen molar-refractivity contribution in [1.82, 2.24) is 25.2 Å². The fourth-order valence-corrected chi connectivity index (χ4v) is 2.08. The van der Waals surface area contributed by atoms with Crippen LogP contribution in [0.3, 0.4) is 0 Å². The maximum Gasteiger partial charge on any atom is 0.148 e. The topological polar surface area (TPSA) is 56.5 Å². The Kier molecular flexibility index (Phi) is 2.51. The van der Waals surface area contributed by atoms with E-state index in [1.807, 2.05) is 32.0 Å². The molecule has 0 aliphatic heterocycles. The zero-order valence-corrected chi connectivity index (χ0v) is 10.3. The van der Waals surface area contributed by atoms with E-state index in [9.17, 15) is 0 Å². The van der Waals surface area contributed by atoms with Crippen LogP contribution in [0.1, 0.15) is 17.1 Å². The largest absolute Gasteiger partial charge is 0.253 e. The average Bonchev–Trinajstić information content (AvgIpc) is 2.75. The third-order valence-electron chi connectivity index (χ3n) is 2.96. The number of aromatic nitrogens is 5. The van der Waals surface area contributed by atoms with Gasteiger partial charge < -0.3 is 0 Å². The number of para-hydroxylation sites is 1. The molecule has 0 spiro atoms. The lowest BCUT2D eigenvalue weighted by Crippen LogP contribution is -2.05. The highest BCUT2D eigenvalue weighted by Crippen LogP contribution is 2.19. The first-order valence-corrected chi connectivity index (χ1v) is 5.82. The van der Waals surface area contributed by atoms with E-state index < -0.39 is 0 Å². The van der Waals surface area contributed by atoms with Crippen LogP contribution in [0.5, 0.6) is 0 Å². The number of hydrogen-bond donors (Lipinski definition) is 0. The van der Waals surface area contributed by atoms with Crippen molar-refractivity contribution in [3.8, 4) is 0 Å². The zero-order chi connectivity index (χ0) is 12.5. The molecule has 0 bridgehead atoms. The van der Waals surface area contributed by atoms with Crippen LogP contribution in [0.2, 0.25) is 0 Å². The SMILES string of the molecule is Cc1cc(Cn2nnnc2C)c2ccccc2n1. The van der Waals surface area contributed by atoms with Crippen LogP contribution in [-0.2, 0) is 6.54 Å². The Labute approximate surface area is 104 Å². The van der Waals surface area contributed by atoms with Crippen molar-refractivity contribution >= 4 is 10.9 Å².